The molecule has 0 spiro atoms. The molecule has 1 aliphatic rings. The zero-order valence-corrected chi connectivity index (χ0v) is 13.4. The highest BCUT2D eigenvalue weighted by atomic mass is 19.1. The Morgan fingerprint density at radius 2 is 2.00 bits per heavy atom. The summed E-state index contributed by atoms with van der Waals surface area (Å²) < 4.78 is 14.2. The molecule has 2 N–H and O–H groups in total. The second-order valence-corrected chi connectivity index (χ2v) is 6.01. The fraction of sp³-hybridized carbons (Fsp3) is 0.647. The Hall–Kier alpha value is -0.970. The van der Waals surface area contributed by atoms with Crippen LogP contribution < -0.4 is 5.73 Å². The first-order chi connectivity index (χ1) is 10.1. The number of hydrogen-bond acceptors (Lipinski definition) is 3. The molecule has 0 bridgehead atoms. The van der Waals surface area contributed by atoms with Crippen LogP contribution in [0.5, 0.6) is 0 Å². The van der Waals surface area contributed by atoms with Crippen LogP contribution in [0.25, 0.3) is 0 Å². The summed E-state index contributed by atoms with van der Waals surface area (Å²) >= 11 is 0. The van der Waals surface area contributed by atoms with Crippen molar-refractivity contribution in [3.8, 4) is 0 Å². The van der Waals surface area contributed by atoms with Gasteiger partial charge in [-0.3, -0.25) is 9.80 Å². The molecular formula is C17H28FN3. The maximum atomic E-state index is 14.2. The highest BCUT2D eigenvalue weighted by Gasteiger charge is 2.32. The summed E-state index contributed by atoms with van der Waals surface area (Å²) in [5, 5.41) is 0. The number of likely N-dealkylation sites (N-methyl/N-ethyl adjacent to an activating group) is 1. The van der Waals surface area contributed by atoms with Crippen molar-refractivity contribution in [1.82, 2.24) is 9.80 Å². The van der Waals surface area contributed by atoms with Gasteiger partial charge in [0.25, 0.3) is 0 Å². The van der Waals surface area contributed by atoms with Crippen LogP contribution in [-0.2, 0) is 0 Å². The van der Waals surface area contributed by atoms with Crippen molar-refractivity contribution in [2.24, 2.45) is 5.73 Å². The van der Waals surface area contributed by atoms with E-state index in [1.807, 2.05) is 12.1 Å². The number of nitrogens with two attached hydrogens (primary N) is 1. The van der Waals surface area contributed by atoms with E-state index in [4.69, 9.17) is 5.73 Å². The summed E-state index contributed by atoms with van der Waals surface area (Å²) in [4.78, 5) is 4.83. The van der Waals surface area contributed by atoms with E-state index in [0.717, 1.165) is 38.2 Å². The quantitative estimate of drug-likeness (QED) is 0.906. The third-order valence-electron chi connectivity index (χ3n) is 4.70. The molecule has 0 aromatic heterocycles. The average molecular weight is 293 g/mol. The number of nitrogens with zero attached hydrogens (tertiary/aromatic N) is 2. The van der Waals surface area contributed by atoms with Gasteiger partial charge in [0.05, 0.1) is 6.04 Å². The Bertz CT molecular complexity index is 451. The lowest BCUT2D eigenvalue weighted by atomic mass is 9.94. The third-order valence-corrected chi connectivity index (χ3v) is 4.70. The SMILES string of the molecule is CCC(N)C(c1ccccc1F)N1CCN(CC)C(C)C1. The topological polar surface area (TPSA) is 32.5 Å². The normalized spacial score (nSPS) is 24.0. The number of benzene rings is 1. The van der Waals surface area contributed by atoms with Gasteiger partial charge in [-0.1, -0.05) is 32.0 Å². The van der Waals surface area contributed by atoms with Crippen LogP contribution in [0.1, 0.15) is 38.8 Å². The van der Waals surface area contributed by atoms with Gasteiger partial charge in [0.1, 0.15) is 5.82 Å². The van der Waals surface area contributed by atoms with Crippen LogP contribution in [0, 0.1) is 5.82 Å². The third kappa shape index (κ3) is 3.62. The van der Waals surface area contributed by atoms with Gasteiger partial charge in [0.15, 0.2) is 0 Å². The first-order valence-corrected chi connectivity index (χ1v) is 8.06. The van der Waals surface area contributed by atoms with E-state index in [9.17, 15) is 4.39 Å². The van der Waals surface area contributed by atoms with E-state index >= 15 is 0 Å². The Labute approximate surface area is 127 Å². The van der Waals surface area contributed by atoms with Crippen molar-refractivity contribution in [2.75, 3.05) is 26.2 Å². The summed E-state index contributed by atoms with van der Waals surface area (Å²) in [6, 6.07) is 7.48. The van der Waals surface area contributed by atoms with Gasteiger partial charge in [-0.2, -0.15) is 0 Å². The van der Waals surface area contributed by atoms with Crippen LogP contribution in [0.15, 0.2) is 24.3 Å². The highest BCUT2D eigenvalue weighted by Crippen LogP contribution is 2.29. The molecule has 0 radical (unpaired) electrons. The molecule has 21 heavy (non-hydrogen) atoms. The number of rotatable bonds is 5. The molecule has 118 valence electrons. The zero-order chi connectivity index (χ0) is 15.4. The Morgan fingerprint density at radius 3 is 2.57 bits per heavy atom. The van der Waals surface area contributed by atoms with Crippen LogP contribution in [0.4, 0.5) is 4.39 Å². The maximum Gasteiger partial charge on any atom is 0.128 e. The zero-order valence-electron chi connectivity index (χ0n) is 13.4. The fourth-order valence-corrected chi connectivity index (χ4v) is 3.38. The van der Waals surface area contributed by atoms with E-state index in [0.29, 0.717) is 6.04 Å². The smallest absolute Gasteiger partial charge is 0.128 e. The number of piperazine rings is 1. The second-order valence-electron chi connectivity index (χ2n) is 6.01. The average Bonchev–Trinajstić information content (AvgIpc) is 2.49. The molecule has 3 unspecified atom stereocenters. The lowest BCUT2D eigenvalue weighted by Crippen LogP contribution is -2.55. The summed E-state index contributed by atoms with van der Waals surface area (Å²) in [7, 11) is 0. The summed E-state index contributed by atoms with van der Waals surface area (Å²) in [5.74, 6) is -0.142. The molecule has 0 saturated carbocycles. The molecule has 1 fully saturated rings. The Morgan fingerprint density at radius 1 is 1.29 bits per heavy atom. The van der Waals surface area contributed by atoms with Gasteiger partial charge >= 0.3 is 0 Å². The van der Waals surface area contributed by atoms with Crippen LogP contribution in [0.3, 0.4) is 0 Å². The minimum Gasteiger partial charge on any atom is -0.326 e. The van der Waals surface area contributed by atoms with Crippen molar-refractivity contribution in [2.45, 2.75) is 45.3 Å². The molecular weight excluding hydrogens is 265 g/mol. The highest BCUT2D eigenvalue weighted by molar-refractivity contribution is 5.23. The molecule has 2 rings (SSSR count). The van der Waals surface area contributed by atoms with Crippen molar-refractivity contribution in [3.05, 3.63) is 35.6 Å². The first-order valence-electron chi connectivity index (χ1n) is 8.06. The van der Waals surface area contributed by atoms with E-state index in [2.05, 4.69) is 30.6 Å². The van der Waals surface area contributed by atoms with E-state index in [1.54, 1.807) is 6.07 Å². The van der Waals surface area contributed by atoms with Gasteiger partial charge < -0.3 is 5.73 Å². The van der Waals surface area contributed by atoms with Crippen LogP contribution >= 0.6 is 0 Å². The molecule has 1 heterocycles. The molecule has 3 nitrogen and oxygen atoms in total. The van der Waals surface area contributed by atoms with Crippen molar-refractivity contribution < 1.29 is 4.39 Å². The monoisotopic (exact) mass is 293 g/mol. The van der Waals surface area contributed by atoms with Crippen LogP contribution in [0.2, 0.25) is 0 Å². The van der Waals surface area contributed by atoms with E-state index < -0.39 is 0 Å². The molecule has 0 amide bonds. The van der Waals surface area contributed by atoms with Crippen molar-refractivity contribution >= 4 is 0 Å². The van der Waals surface area contributed by atoms with Crippen LogP contribution in [-0.4, -0.2) is 48.1 Å². The summed E-state index contributed by atoms with van der Waals surface area (Å²) in [6.07, 6.45) is 0.849. The van der Waals surface area contributed by atoms with Gasteiger partial charge in [0, 0.05) is 37.3 Å². The van der Waals surface area contributed by atoms with Gasteiger partial charge in [-0.15, -0.1) is 0 Å². The fourth-order valence-electron chi connectivity index (χ4n) is 3.38. The minimum absolute atomic E-state index is 0.0299. The largest absolute Gasteiger partial charge is 0.326 e. The molecule has 1 saturated heterocycles. The predicted octanol–water partition coefficient (Wildman–Crippen LogP) is 2.63. The standard InChI is InChI=1S/C17H28FN3/c1-4-16(19)17(14-8-6-7-9-15(14)18)21-11-10-20(5-2)13(3)12-21/h6-9,13,16-17H,4-5,10-12,19H2,1-3H3. The molecule has 3 atom stereocenters. The molecule has 1 aromatic carbocycles. The van der Waals surface area contributed by atoms with Gasteiger partial charge in [0.2, 0.25) is 0 Å². The van der Waals surface area contributed by atoms with Crippen molar-refractivity contribution in [1.29, 1.82) is 0 Å². The maximum absolute atomic E-state index is 14.2. The van der Waals surface area contributed by atoms with E-state index in [-0.39, 0.29) is 17.9 Å². The second kappa shape index (κ2) is 7.34. The molecule has 1 aromatic rings. The minimum atomic E-state index is -0.142. The van der Waals surface area contributed by atoms with Gasteiger partial charge in [-0.05, 0) is 26.0 Å². The number of halogens is 1. The lowest BCUT2D eigenvalue weighted by molar-refractivity contribution is 0.0481. The molecule has 0 aliphatic carbocycles. The van der Waals surface area contributed by atoms with E-state index in [1.165, 1.54) is 6.07 Å². The predicted molar refractivity (Wildman–Crippen MR) is 85.7 cm³/mol. The first kappa shape index (κ1) is 16.4. The summed E-state index contributed by atoms with van der Waals surface area (Å²) in [5.41, 5.74) is 7.08. The molecule has 4 heteroatoms. The Balaban J connectivity index is 2.24. The van der Waals surface area contributed by atoms with Crippen molar-refractivity contribution in [3.63, 3.8) is 0 Å². The number of hydrogen-bond donors (Lipinski definition) is 1. The summed E-state index contributed by atoms with van der Waals surface area (Å²) in [6.45, 7) is 10.5. The Kier molecular flexibility index (Phi) is 5.73. The molecule has 1 aliphatic heterocycles. The lowest BCUT2D eigenvalue weighted by Gasteiger charge is -2.44. The van der Waals surface area contributed by atoms with Gasteiger partial charge in [-0.25, -0.2) is 4.39 Å².